The van der Waals surface area contributed by atoms with Crippen molar-refractivity contribution in [3.8, 4) is 11.5 Å². The maximum absolute atomic E-state index is 13.1. The summed E-state index contributed by atoms with van der Waals surface area (Å²) < 4.78 is 66.0. The third kappa shape index (κ3) is 11.6. The van der Waals surface area contributed by atoms with Crippen LogP contribution in [0.1, 0.15) is 58.3 Å². The van der Waals surface area contributed by atoms with Crippen LogP contribution in [0.5, 0.6) is 11.5 Å². The molecule has 0 N–H and O–H groups in total. The van der Waals surface area contributed by atoms with Crippen molar-refractivity contribution in [2.75, 3.05) is 27.4 Å². The summed E-state index contributed by atoms with van der Waals surface area (Å²) in [5.74, 6) is 1.13. The molecule has 4 aromatic carbocycles. The maximum atomic E-state index is 13.1. The van der Waals surface area contributed by atoms with Gasteiger partial charge >= 0.3 is 5.97 Å². The molecular weight excluding hydrogens is 861 g/mol. The molecule has 0 saturated carbocycles. The molecular formula is C52H64O11SSi. The second-order valence-electron chi connectivity index (χ2n) is 18.6. The standard InChI is InChI=1S/C52H64O11SSi/c1-52(2,3)65(6,7)63-49-44(58-42-22-13-14-30-56-48(42)50(49)61-39-23-15-18-34-17-11-12-21-38(34)39)32-47(64-37-19-9-8-10-20-37)60-40-24-16-25-41-45(59-43(40)31-46(53)55-5)33-57-51(62-41)35-26-28-36(54-4)29-27-35/h8-21,23,25-29,40-45,47-51H,22,24,30-33H2,1-7H3/b25-16-/t40-,41+,42+,43+,44-,45-,47?,48+,49-,50-,51-/m1/s1. The Hall–Kier alpha value is -4.02. The predicted molar refractivity (Wildman–Crippen MR) is 254 cm³/mol. The average molecular weight is 925 g/mol. The molecule has 0 amide bonds. The van der Waals surface area contributed by atoms with Crippen LogP contribution < -0.4 is 9.47 Å². The number of esters is 1. The first kappa shape index (κ1) is 47.5. The molecule has 13 heteroatoms. The van der Waals surface area contributed by atoms with Crippen molar-refractivity contribution in [3.63, 3.8) is 0 Å². The van der Waals surface area contributed by atoms with Crippen molar-refractivity contribution >= 4 is 36.8 Å². The number of carbonyl (C=O) groups excluding carboxylic acids is 1. The van der Waals surface area contributed by atoms with Gasteiger partial charge in [-0.2, -0.15) is 0 Å². The quantitative estimate of drug-likeness (QED) is 0.0395. The lowest BCUT2D eigenvalue weighted by molar-refractivity contribution is -0.269. The molecule has 2 saturated heterocycles. The van der Waals surface area contributed by atoms with Gasteiger partial charge in [0, 0.05) is 22.3 Å². The van der Waals surface area contributed by atoms with E-state index in [1.165, 1.54) is 7.11 Å². The van der Waals surface area contributed by atoms with Gasteiger partial charge in [-0.1, -0.05) is 124 Å². The van der Waals surface area contributed by atoms with Gasteiger partial charge in [0.1, 0.15) is 41.4 Å². The number of fused-ring (bicyclic) bond motifs is 3. The van der Waals surface area contributed by atoms with Gasteiger partial charge in [0.2, 0.25) is 0 Å². The van der Waals surface area contributed by atoms with Crippen LogP contribution in [0.25, 0.3) is 10.8 Å². The minimum Gasteiger partial charge on any atom is -0.497 e. The monoisotopic (exact) mass is 924 g/mol. The normalized spacial score (nSPS) is 29.3. The Morgan fingerprint density at radius 1 is 0.800 bits per heavy atom. The Morgan fingerprint density at radius 2 is 1.55 bits per heavy atom. The van der Waals surface area contributed by atoms with Gasteiger partial charge in [0.15, 0.2) is 20.7 Å². The average Bonchev–Trinajstić information content (AvgIpc) is 3.54. The van der Waals surface area contributed by atoms with Gasteiger partial charge in [-0.15, -0.1) is 0 Å². The maximum Gasteiger partial charge on any atom is 0.308 e. The summed E-state index contributed by atoms with van der Waals surface area (Å²) in [6.07, 6.45) is 4.90. The van der Waals surface area contributed by atoms with Crippen molar-refractivity contribution in [2.45, 2.75) is 136 Å². The zero-order valence-electron chi connectivity index (χ0n) is 38.5. The van der Waals surface area contributed by atoms with Crippen LogP contribution in [0.15, 0.2) is 126 Å². The fourth-order valence-corrected chi connectivity index (χ4v) is 11.0. The van der Waals surface area contributed by atoms with Crippen molar-refractivity contribution in [1.29, 1.82) is 0 Å². The fourth-order valence-electron chi connectivity index (χ4n) is 8.59. The summed E-state index contributed by atoms with van der Waals surface area (Å²) >= 11 is 1.62. The smallest absolute Gasteiger partial charge is 0.308 e. The molecule has 2 fully saturated rings. The first-order valence-corrected chi connectivity index (χ1v) is 26.6. The van der Waals surface area contributed by atoms with Crippen LogP contribution in [0.4, 0.5) is 0 Å². The summed E-state index contributed by atoms with van der Waals surface area (Å²) in [4.78, 5) is 14.2. The fraction of sp³-hybridized carbons (Fsp3) is 0.481. The van der Waals surface area contributed by atoms with Crippen molar-refractivity contribution in [2.24, 2.45) is 0 Å². The molecule has 0 spiro atoms. The number of hydrogen-bond donors (Lipinski definition) is 0. The molecule has 11 atom stereocenters. The minimum atomic E-state index is -2.47. The van der Waals surface area contributed by atoms with E-state index in [0.717, 1.165) is 32.7 Å². The van der Waals surface area contributed by atoms with E-state index in [1.54, 1.807) is 18.9 Å². The lowest BCUT2D eigenvalue weighted by atomic mass is 9.91. The van der Waals surface area contributed by atoms with E-state index in [4.69, 9.17) is 47.1 Å². The van der Waals surface area contributed by atoms with E-state index in [9.17, 15) is 4.79 Å². The van der Waals surface area contributed by atoms with E-state index in [2.05, 4.69) is 82.4 Å². The third-order valence-corrected chi connectivity index (χ3v) is 18.7. The largest absolute Gasteiger partial charge is 0.497 e. The van der Waals surface area contributed by atoms with Gasteiger partial charge in [0.05, 0.1) is 58.3 Å². The van der Waals surface area contributed by atoms with E-state index in [0.29, 0.717) is 25.9 Å². The molecule has 0 radical (unpaired) electrons. The molecule has 0 aliphatic carbocycles. The summed E-state index contributed by atoms with van der Waals surface area (Å²) in [7, 11) is 0.563. The van der Waals surface area contributed by atoms with Gasteiger partial charge < -0.3 is 47.1 Å². The Bertz CT molecular complexity index is 2220. The van der Waals surface area contributed by atoms with Crippen LogP contribution in [-0.2, 0) is 42.4 Å². The number of rotatable bonds is 14. The molecule has 8 rings (SSSR count). The molecule has 0 aromatic heterocycles. The van der Waals surface area contributed by atoms with Crippen LogP contribution in [0.2, 0.25) is 18.1 Å². The molecule has 4 aliphatic rings. The number of hydrogen-bond acceptors (Lipinski definition) is 12. The van der Waals surface area contributed by atoms with Gasteiger partial charge in [-0.25, -0.2) is 0 Å². The molecule has 65 heavy (non-hydrogen) atoms. The lowest BCUT2D eigenvalue weighted by Crippen LogP contribution is -2.64. The van der Waals surface area contributed by atoms with E-state index in [1.807, 2.05) is 72.8 Å². The minimum absolute atomic E-state index is 0.0196. The number of benzene rings is 4. The Morgan fingerprint density at radius 3 is 2.32 bits per heavy atom. The molecule has 4 aromatic rings. The highest BCUT2D eigenvalue weighted by Crippen LogP contribution is 2.44. The molecule has 348 valence electrons. The molecule has 11 nitrogen and oxygen atoms in total. The van der Waals surface area contributed by atoms with Crippen LogP contribution in [0, 0.1) is 0 Å². The van der Waals surface area contributed by atoms with E-state index < -0.39 is 74.8 Å². The van der Waals surface area contributed by atoms with E-state index in [-0.39, 0.29) is 24.2 Å². The third-order valence-electron chi connectivity index (χ3n) is 13.2. The summed E-state index contributed by atoms with van der Waals surface area (Å²) in [5, 5.41) is 2.01. The lowest BCUT2D eigenvalue weighted by Gasteiger charge is -2.50. The molecule has 4 heterocycles. The molecule has 1 unspecified atom stereocenters. The zero-order valence-corrected chi connectivity index (χ0v) is 40.4. The van der Waals surface area contributed by atoms with Crippen molar-refractivity contribution in [3.05, 3.63) is 127 Å². The highest BCUT2D eigenvalue weighted by Gasteiger charge is 2.53. The summed E-state index contributed by atoms with van der Waals surface area (Å²) in [5.41, 5.74) is 0.400. The Balaban J connectivity index is 1.12. The first-order chi connectivity index (χ1) is 31.4. The first-order valence-electron chi connectivity index (χ1n) is 22.8. The van der Waals surface area contributed by atoms with Crippen LogP contribution in [-0.4, -0.2) is 102 Å². The Labute approximate surface area is 389 Å². The summed E-state index contributed by atoms with van der Waals surface area (Å²) in [6, 6.07) is 32.3. The van der Waals surface area contributed by atoms with Gasteiger partial charge in [-0.05, 0) is 66.7 Å². The van der Waals surface area contributed by atoms with Crippen molar-refractivity contribution < 1.29 is 51.9 Å². The van der Waals surface area contributed by atoms with Crippen LogP contribution in [0.3, 0.4) is 0 Å². The molecule has 4 aliphatic heterocycles. The summed E-state index contributed by atoms with van der Waals surface area (Å²) in [6.45, 7) is 12.0. The number of thioether (sulfide) groups is 1. The van der Waals surface area contributed by atoms with Gasteiger partial charge in [-0.3, -0.25) is 4.79 Å². The number of methoxy groups -OCH3 is 2. The predicted octanol–water partition coefficient (Wildman–Crippen LogP) is 10.4. The highest BCUT2D eigenvalue weighted by atomic mass is 32.2. The zero-order chi connectivity index (χ0) is 45.6. The number of ether oxygens (including phenoxy) is 9. The van der Waals surface area contributed by atoms with Gasteiger partial charge in [0.25, 0.3) is 0 Å². The van der Waals surface area contributed by atoms with Crippen LogP contribution >= 0.6 is 11.8 Å². The second-order valence-corrected chi connectivity index (χ2v) is 24.6. The number of carbonyl (C=O) groups is 1. The topological polar surface area (TPSA) is 109 Å². The highest BCUT2D eigenvalue weighted by molar-refractivity contribution is 7.99. The second kappa shape index (κ2) is 21.3. The van der Waals surface area contributed by atoms with E-state index >= 15 is 0 Å². The van der Waals surface area contributed by atoms with Crippen molar-refractivity contribution in [1.82, 2.24) is 0 Å². The Kier molecular flexibility index (Phi) is 15.6. The SMILES string of the molecule is COC(=O)C[C@@H]1O[C@@H]2CO[C@@H](c3ccc(OC)cc3)O[C@H]2/C=C\C[C@H]1OC(C[C@H]1O[C@H]2CC=CCO[C@@H]2[C@@H](Oc2cccc3ccccc23)[C@@H]1O[Si](C)(C)C(C)(C)C)Sc1ccccc1. The molecule has 0 bridgehead atoms.